The van der Waals surface area contributed by atoms with Gasteiger partial charge in [0.2, 0.25) is 0 Å². The monoisotopic (exact) mass is 335 g/mol. The van der Waals surface area contributed by atoms with Gasteiger partial charge in [0.1, 0.15) is 5.75 Å². The Labute approximate surface area is 140 Å². The highest BCUT2D eigenvalue weighted by molar-refractivity contribution is 5.85. The molecule has 1 aliphatic carbocycles. The predicted octanol–water partition coefficient (Wildman–Crippen LogP) is 2.72. The summed E-state index contributed by atoms with van der Waals surface area (Å²) in [5, 5.41) is 0. The topological polar surface area (TPSA) is 51.4 Å². The van der Waals surface area contributed by atoms with Gasteiger partial charge in [-0.2, -0.15) is 0 Å². The molecule has 6 heteroatoms. The maximum absolute atomic E-state index is 5.90. The molecule has 1 fully saturated rings. The second kappa shape index (κ2) is 8.79. The lowest BCUT2D eigenvalue weighted by Crippen LogP contribution is -2.39. The number of rotatable bonds is 6. The van der Waals surface area contributed by atoms with Crippen molar-refractivity contribution >= 4 is 24.8 Å². The van der Waals surface area contributed by atoms with Crippen molar-refractivity contribution in [3.05, 3.63) is 23.0 Å². The standard InChI is InChI=1S/C15H25N3O.2ClH/c1-10-8-17-13(11(2)15(10)19-4)9-18(3)14(7-16)12-5-6-12;;/h8,12,14H,5-7,9,16H2,1-4H3;2*1H. The van der Waals surface area contributed by atoms with E-state index in [2.05, 4.69) is 23.9 Å². The van der Waals surface area contributed by atoms with Gasteiger partial charge < -0.3 is 10.5 Å². The zero-order valence-corrected chi connectivity index (χ0v) is 14.9. The van der Waals surface area contributed by atoms with Gasteiger partial charge in [0.15, 0.2) is 0 Å². The second-order valence-electron chi connectivity index (χ2n) is 5.60. The number of nitrogens with zero attached hydrogens (tertiary/aromatic N) is 2. The van der Waals surface area contributed by atoms with Crippen LogP contribution in [0.15, 0.2) is 6.20 Å². The first-order valence-corrected chi connectivity index (χ1v) is 6.97. The molecule has 0 bridgehead atoms. The molecule has 1 unspecified atom stereocenters. The zero-order chi connectivity index (χ0) is 14.0. The summed E-state index contributed by atoms with van der Waals surface area (Å²) < 4.78 is 5.46. The van der Waals surface area contributed by atoms with Crippen molar-refractivity contribution in [2.45, 2.75) is 39.3 Å². The molecule has 1 aromatic rings. The molecule has 0 aromatic carbocycles. The predicted molar refractivity (Wildman–Crippen MR) is 91.8 cm³/mol. The molecular weight excluding hydrogens is 309 g/mol. The smallest absolute Gasteiger partial charge is 0.128 e. The molecule has 0 spiro atoms. The van der Waals surface area contributed by atoms with Crippen molar-refractivity contribution in [1.82, 2.24) is 9.88 Å². The minimum absolute atomic E-state index is 0. The van der Waals surface area contributed by atoms with Crippen LogP contribution in [-0.2, 0) is 6.54 Å². The fourth-order valence-electron chi connectivity index (χ4n) is 2.80. The third-order valence-electron chi connectivity index (χ3n) is 4.12. The number of hydrogen-bond donors (Lipinski definition) is 1. The lowest BCUT2D eigenvalue weighted by molar-refractivity contribution is 0.212. The van der Waals surface area contributed by atoms with Crippen LogP contribution in [-0.4, -0.2) is 36.6 Å². The Morgan fingerprint density at radius 1 is 1.38 bits per heavy atom. The van der Waals surface area contributed by atoms with Gasteiger partial charge in [0, 0.05) is 36.5 Å². The number of aromatic nitrogens is 1. The normalized spacial score (nSPS) is 15.1. The summed E-state index contributed by atoms with van der Waals surface area (Å²) in [6.07, 6.45) is 4.52. The Hall–Kier alpha value is -0.550. The fourth-order valence-corrected chi connectivity index (χ4v) is 2.80. The molecule has 1 atom stereocenters. The van der Waals surface area contributed by atoms with Crippen molar-refractivity contribution in [3.8, 4) is 5.75 Å². The first-order valence-electron chi connectivity index (χ1n) is 6.97. The summed E-state index contributed by atoms with van der Waals surface area (Å²) in [4.78, 5) is 6.90. The number of pyridine rings is 1. The molecule has 0 amide bonds. The van der Waals surface area contributed by atoms with E-state index in [4.69, 9.17) is 10.5 Å². The first kappa shape index (κ1) is 20.5. The quantitative estimate of drug-likeness (QED) is 0.868. The molecule has 0 radical (unpaired) electrons. The molecule has 21 heavy (non-hydrogen) atoms. The summed E-state index contributed by atoms with van der Waals surface area (Å²) in [5.74, 6) is 1.73. The molecule has 1 aromatic heterocycles. The van der Waals surface area contributed by atoms with Gasteiger partial charge in [-0.25, -0.2) is 0 Å². The van der Waals surface area contributed by atoms with E-state index >= 15 is 0 Å². The maximum atomic E-state index is 5.90. The molecule has 2 rings (SSSR count). The molecule has 1 saturated carbocycles. The third-order valence-corrected chi connectivity index (χ3v) is 4.12. The molecule has 0 aliphatic heterocycles. The molecule has 122 valence electrons. The zero-order valence-electron chi connectivity index (χ0n) is 13.3. The minimum Gasteiger partial charge on any atom is -0.496 e. The highest BCUT2D eigenvalue weighted by atomic mass is 35.5. The van der Waals surface area contributed by atoms with E-state index in [1.165, 1.54) is 12.8 Å². The fraction of sp³-hybridized carbons (Fsp3) is 0.667. The van der Waals surface area contributed by atoms with Crippen molar-refractivity contribution in [3.63, 3.8) is 0 Å². The van der Waals surface area contributed by atoms with Crippen LogP contribution in [0, 0.1) is 19.8 Å². The number of halogens is 2. The number of hydrogen-bond acceptors (Lipinski definition) is 4. The number of aryl methyl sites for hydroxylation is 1. The lowest BCUT2D eigenvalue weighted by atomic mass is 10.1. The largest absolute Gasteiger partial charge is 0.496 e. The summed E-state index contributed by atoms with van der Waals surface area (Å²) >= 11 is 0. The van der Waals surface area contributed by atoms with Crippen molar-refractivity contribution in [2.24, 2.45) is 11.7 Å². The van der Waals surface area contributed by atoms with Crippen molar-refractivity contribution in [2.75, 3.05) is 20.7 Å². The first-order chi connectivity index (χ1) is 9.08. The number of ether oxygens (including phenoxy) is 1. The highest BCUT2D eigenvalue weighted by Crippen LogP contribution is 2.35. The Bertz CT molecular complexity index is 453. The van der Waals surface area contributed by atoms with Crippen LogP contribution in [0.25, 0.3) is 0 Å². The summed E-state index contributed by atoms with van der Waals surface area (Å²) in [6, 6.07) is 0.480. The van der Waals surface area contributed by atoms with Crippen LogP contribution in [0.2, 0.25) is 0 Å². The average molecular weight is 336 g/mol. The van der Waals surface area contributed by atoms with Gasteiger partial charge in [-0.3, -0.25) is 9.88 Å². The molecular formula is C15H27Cl2N3O. The summed E-state index contributed by atoms with van der Waals surface area (Å²) in [5.41, 5.74) is 9.21. The maximum Gasteiger partial charge on any atom is 0.128 e. The van der Waals surface area contributed by atoms with Crippen LogP contribution in [0.5, 0.6) is 5.75 Å². The molecule has 2 N–H and O–H groups in total. The van der Waals surface area contributed by atoms with Crippen LogP contribution in [0.3, 0.4) is 0 Å². The molecule has 4 nitrogen and oxygen atoms in total. The van der Waals surface area contributed by atoms with E-state index in [1.54, 1.807) is 7.11 Å². The van der Waals surface area contributed by atoms with Crippen molar-refractivity contribution in [1.29, 1.82) is 0 Å². The Kier molecular flexibility index (Phi) is 8.56. The molecule has 1 aliphatic rings. The summed E-state index contributed by atoms with van der Waals surface area (Å²) in [6.45, 7) is 5.67. The molecule has 1 heterocycles. The minimum atomic E-state index is 0. The van der Waals surface area contributed by atoms with Gasteiger partial charge in [-0.05, 0) is 39.7 Å². The number of likely N-dealkylation sites (N-methyl/N-ethyl adjacent to an activating group) is 1. The van der Waals surface area contributed by atoms with Crippen LogP contribution >= 0.6 is 24.8 Å². The van der Waals surface area contributed by atoms with Gasteiger partial charge in [-0.15, -0.1) is 24.8 Å². The van der Waals surface area contributed by atoms with Gasteiger partial charge >= 0.3 is 0 Å². The van der Waals surface area contributed by atoms with Gasteiger partial charge in [0.05, 0.1) is 12.8 Å². The van der Waals surface area contributed by atoms with Crippen LogP contribution < -0.4 is 10.5 Å². The third kappa shape index (κ3) is 4.71. The lowest BCUT2D eigenvalue weighted by Gasteiger charge is -2.27. The molecule has 0 saturated heterocycles. The second-order valence-corrected chi connectivity index (χ2v) is 5.60. The van der Waals surface area contributed by atoms with E-state index in [0.717, 1.165) is 41.6 Å². The summed E-state index contributed by atoms with van der Waals surface area (Å²) in [7, 11) is 3.86. The Balaban J connectivity index is 0.00000200. The number of nitrogens with two attached hydrogens (primary N) is 1. The van der Waals surface area contributed by atoms with E-state index < -0.39 is 0 Å². The van der Waals surface area contributed by atoms with Crippen molar-refractivity contribution < 1.29 is 4.74 Å². The van der Waals surface area contributed by atoms with Crippen LogP contribution in [0.4, 0.5) is 0 Å². The van der Waals surface area contributed by atoms with E-state index in [0.29, 0.717) is 6.04 Å². The van der Waals surface area contributed by atoms with Crippen LogP contribution in [0.1, 0.15) is 29.7 Å². The number of methoxy groups -OCH3 is 1. The average Bonchev–Trinajstić information content (AvgIpc) is 3.19. The Morgan fingerprint density at radius 2 is 2.00 bits per heavy atom. The van der Waals surface area contributed by atoms with E-state index in [1.807, 2.05) is 13.1 Å². The van der Waals surface area contributed by atoms with E-state index in [-0.39, 0.29) is 24.8 Å². The van der Waals surface area contributed by atoms with Gasteiger partial charge in [-0.1, -0.05) is 0 Å². The van der Waals surface area contributed by atoms with E-state index in [9.17, 15) is 0 Å². The Morgan fingerprint density at radius 3 is 2.48 bits per heavy atom. The highest BCUT2D eigenvalue weighted by Gasteiger charge is 2.33. The SMILES string of the molecule is COc1c(C)cnc(CN(C)C(CN)C2CC2)c1C.Cl.Cl. The van der Waals surface area contributed by atoms with Gasteiger partial charge in [0.25, 0.3) is 0 Å².